The molecular formula is C22H43B3N6O6. The molecule has 0 bridgehead atoms. The van der Waals surface area contributed by atoms with E-state index < -0.39 is 6.23 Å². The lowest BCUT2D eigenvalue weighted by Gasteiger charge is -2.29. The minimum atomic E-state index is -0.491. The van der Waals surface area contributed by atoms with Gasteiger partial charge in [0.25, 0.3) is 0 Å². The predicted octanol–water partition coefficient (Wildman–Crippen LogP) is -4.79. The van der Waals surface area contributed by atoms with E-state index in [0.29, 0.717) is 71.3 Å². The predicted molar refractivity (Wildman–Crippen MR) is 149 cm³/mol. The minimum Gasteiger partial charge on any atom is -0.360 e. The molecule has 0 spiro atoms. The van der Waals surface area contributed by atoms with Crippen LogP contribution in [0.5, 0.6) is 0 Å². The first-order valence-electron chi connectivity index (χ1n) is 13.3. The second-order valence-corrected chi connectivity index (χ2v) is 9.03. The Kier molecular flexibility index (Phi) is 15.9. The molecule has 1 heterocycles. The van der Waals surface area contributed by atoms with Crippen LogP contribution in [0.3, 0.4) is 0 Å². The van der Waals surface area contributed by atoms with Gasteiger partial charge in [-0.1, -0.05) is 0 Å². The van der Waals surface area contributed by atoms with Crippen molar-refractivity contribution in [3.63, 3.8) is 0 Å². The van der Waals surface area contributed by atoms with E-state index in [2.05, 4.69) is 10.6 Å². The normalized spacial score (nSPS) is 16.3. The lowest BCUT2D eigenvalue weighted by molar-refractivity contribution is -0.140. The van der Waals surface area contributed by atoms with Crippen molar-refractivity contribution in [2.75, 3.05) is 79.1 Å². The monoisotopic (exact) mass is 520 g/mol. The number of ketones is 1. The zero-order valence-electron chi connectivity index (χ0n) is 23.2. The number of ether oxygens (including phenoxy) is 1. The van der Waals surface area contributed by atoms with E-state index in [0.717, 1.165) is 0 Å². The molecule has 1 aliphatic rings. The molecule has 1 unspecified atom stereocenters. The van der Waals surface area contributed by atoms with Crippen molar-refractivity contribution >= 4 is 53.0 Å². The van der Waals surface area contributed by atoms with E-state index >= 15 is 0 Å². The number of amides is 4. The highest BCUT2D eigenvalue weighted by molar-refractivity contribution is 6.20. The maximum atomic E-state index is 13.1. The van der Waals surface area contributed by atoms with Gasteiger partial charge in [-0.15, -0.1) is 0 Å². The number of Topliss-reactive ketones (excluding diaryl/α,β-unsaturated/α-hetero) is 1. The maximum absolute atomic E-state index is 13.1. The van der Waals surface area contributed by atoms with Crippen molar-refractivity contribution in [1.29, 1.82) is 0 Å². The second kappa shape index (κ2) is 18.0. The summed E-state index contributed by atoms with van der Waals surface area (Å²) in [6, 6.07) is 0. The molecule has 1 fully saturated rings. The standard InChI is InChI=1S/C22H43B3N6O6/c1-17(32)14-29(19(33)11-23)6-4-27-18-15-31(21(35)13-25)8-7-28(9-10-37-18)22(36)16-30(5-3-26-2)20(34)12-24/h18,26-27H,3-16,23-25H2,1-2H3. The molecule has 0 aliphatic carbocycles. The van der Waals surface area contributed by atoms with Gasteiger partial charge in [0.15, 0.2) is 0 Å². The first-order chi connectivity index (χ1) is 17.7. The summed E-state index contributed by atoms with van der Waals surface area (Å²) < 4.78 is 6.00. The van der Waals surface area contributed by atoms with Crippen LogP contribution in [-0.2, 0) is 28.7 Å². The number of hydrogen-bond donors (Lipinski definition) is 2. The highest BCUT2D eigenvalue weighted by atomic mass is 16.5. The SMILES string of the molecule is BCC(=O)N(CCNC1CN(C(=O)CB)CCN(C(=O)CN(CCNC)C(=O)CB)CCO1)CC(C)=O. The van der Waals surface area contributed by atoms with E-state index in [1.807, 2.05) is 0 Å². The molecule has 206 valence electrons. The molecule has 0 saturated carbocycles. The molecule has 4 amide bonds. The van der Waals surface area contributed by atoms with Gasteiger partial charge in [0, 0.05) is 45.8 Å². The molecule has 1 aliphatic heterocycles. The fourth-order valence-corrected chi connectivity index (χ4v) is 4.00. The number of carbonyl (C=O) groups excluding carboxylic acids is 5. The Labute approximate surface area is 223 Å². The average molecular weight is 520 g/mol. The van der Waals surface area contributed by atoms with Gasteiger partial charge in [0.2, 0.25) is 23.6 Å². The molecule has 0 radical (unpaired) electrons. The van der Waals surface area contributed by atoms with Crippen molar-refractivity contribution < 1.29 is 28.7 Å². The molecule has 15 heteroatoms. The van der Waals surface area contributed by atoms with Gasteiger partial charge < -0.3 is 29.7 Å². The molecule has 12 nitrogen and oxygen atoms in total. The van der Waals surface area contributed by atoms with Gasteiger partial charge in [0.1, 0.15) is 35.5 Å². The van der Waals surface area contributed by atoms with Crippen molar-refractivity contribution in [2.24, 2.45) is 0 Å². The minimum absolute atomic E-state index is 0.0187. The Morgan fingerprint density at radius 2 is 1.43 bits per heavy atom. The van der Waals surface area contributed by atoms with Crippen LogP contribution in [0.4, 0.5) is 0 Å². The summed E-state index contributed by atoms with van der Waals surface area (Å²) in [6.07, 6.45) is 0.461. The van der Waals surface area contributed by atoms with Crippen LogP contribution in [0, 0.1) is 0 Å². The molecule has 1 atom stereocenters. The van der Waals surface area contributed by atoms with Crippen LogP contribution in [0.1, 0.15) is 6.92 Å². The number of nitrogens with zero attached hydrogens (tertiary/aromatic N) is 4. The number of carbonyl (C=O) groups is 5. The van der Waals surface area contributed by atoms with Gasteiger partial charge in [-0.05, 0) is 32.9 Å². The maximum Gasteiger partial charge on any atom is 0.242 e. The number of likely N-dealkylation sites (N-methyl/N-ethyl adjacent to an activating group) is 1. The Morgan fingerprint density at radius 1 is 0.838 bits per heavy atom. The molecule has 0 aromatic carbocycles. The number of hydrogen-bond acceptors (Lipinski definition) is 8. The largest absolute Gasteiger partial charge is 0.360 e. The summed E-state index contributed by atoms with van der Waals surface area (Å²) in [5.41, 5.74) is 0. The Bertz CT molecular complexity index is 777. The second-order valence-electron chi connectivity index (χ2n) is 9.03. The lowest BCUT2D eigenvalue weighted by atomic mass is 10.0. The Balaban J connectivity index is 2.84. The van der Waals surface area contributed by atoms with Crippen LogP contribution in [0.2, 0.25) is 19.0 Å². The number of nitrogens with one attached hydrogen (secondary N) is 2. The summed E-state index contributed by atoms with van der Waals surface area (Å²) in [5, 5.41) is 6.25. The fraction of sp³-hybridized carbons (Fsp3) is 0.773. The first-order valence-corrected chi connectivity index (χ1v) is 13.3. The van der Waals surface area contributed by atoms with Crippen LogP contribution in [0.15, 0.2) is 0 Å². The van der Waals surface area contributed by atoms with E-state index in [9.17, 15) is 24.0 Å². The van der Waals surface area contributed by atoms with Gasteiger partial charge in [-0.25, -0.2) is 0 Å². The van der Waals surface area contributed by atoms with Crippen molar-refractivity contribution in [3.05, 3.63) is 0 Å². The van der Waals surface area contributed by atoms with Gasteiger partial charge in [-0.2, -0.15) is 0 Å². The van der Waals surface area contributed by atoms with Gasteiger partial charge in [-0.3, -0.25) is 29.3 Å². The zero-order chi connectivity index (χ0) is 27.8. The highest BCUT2D eigenvalue weighted by Crippen LogP contribution is 2.06. The highest BCUT2D eigenvalue weighted by Gasteiger charge is 2.25. The van der Waals surface area contributed by atoms with Crippen molar-refractivity contribution in [2.45, 2.75) is 32.1 Å². The third-order valence-corrected chi connectivity index (χ3v) is 6.15. The molecule has 37 heavy (non-hydrogen) atoms. The summed E-state index contributed by atoms with van der Waals surface area (Å²) in [7, 11) is 7.10. The summed E-state index contributed by atoms with van der Waals surface area (Å²) >= 11 is 0. The van der Waals surface area contributed by atoms with E-state index in [4.69, 9.17) is 4.74 Å². The van der Waals surface area contributed by atoms with Gasteiger partial charge >= 0.3 is 0 Å². The summed E-state index contributed by atoms with van der Waals surface area (Å²) in [5.74, 6) is -0.517. The molecule has 2 N–H and O–H groups in total. The average Bonchev–Trinajstić information content (AvgIpc) is 2.99. The molecule has 0 aromatic rings. The van der Waals surface area contributed by atoms with Crippen LogP contribution >= 0.6 is 0 Å². The molecule has 0 aromatic heterocycles. The van der Waals surface area contributed by atoms with Crippen LogP contribution < -0.4 is 10.6 Å². The van der Waals surface area contributed by atoms with Gasteiger partial charge in [0.05, 0.1) is 26.2 Å². The van der Waals surface area contributed by atoms with E-state index in [1.54, 1.807) is 45.3 Å². The van der Waals surface area contributed by atoms with Crippen molar-refractivity contribution in [3.8, 4) is 0 Å². The quantitative estimate of drug-likeness (QED) is 0.219. The third-order valence-electron chi connectivity index (χ3n) is 6.15. The zero-order valence-corrected chi connectivity index (χ0v) is 23.2. The Morgan fingerprint density at radius 3 is 2.00 bits per heavy atom. The van der Waals surface area contributed by atoms with Crippen LogP contribution in [-0.4, -0.2) is 158 Å². The van der Waals surface area contributed by atoms with E-state index in [-0.39, 0.29) is 49.1 Å². The summed E-state index contributed by atoms with van der Waals surface area (Å²) in [6.45, 7) is 4.81. The van der Waals surface area contributed by atoms with Crippen LogP contribution in [0.25, 0.3) is 0 Å². The third kappa shape index (κ3) is 12.1. The topological polar surface area (TPSA) is 132 Å². The Hall–Kier alpha value is -2.38. The fourth-order valence-electron chi connectivity index (χ4n) is 4.00. The first kappa shape index (κ1) is 32.7. The molecule has 1 saturated heterocycles. The van der Waals surface area contributed by atoms with E-state index in [1.165, 1.54) is 11.8 Å². The lowest BCUT2D eigenvalue weighted by Crippen LogP contribution is -2.49. The smallest absolute Gasteiger partial charge is 0.242 e. The number of rotatable bonds is 14. The van der Waals surface area contributed by atoms with Crippen molar-refractivity contribution in [1.82, 2.24) is 30.2 Å². The molecule has 1 rings (SSSR count). The molecular weight excluding hydrogens is 477 g/mol. The summed E-state index contributed by atoms with van der Waals surface area (Å²) in [4.78, 5) is 68.1.